The molecule has 0 radical (unpaired) electrons. The number of anilines is 2. The first-order chi connectivity index (χ1) is 16.2. The number of benzene rings is 2. The first-order valence-electron chi connectivity index (χ1n) is 11.1. The molecule has 3 aromatic rings. The lowest BCUT2D eigenvalue weighted by Gasteiger charge is -2.30. The minimum Gasteiger partial charge on any atom is -0.326 e. The Kier molecular flexibility index (Phi) is 7.96. The van der Waals surface area contributed by atoms with Gasteiger partial charge in [-0.15, -0.1) is 0 Å². The van der Waals surface area contributed by atoms with Crippen molar-refractivity contribution in [2.24, 2.45) is 11.3 Å². The third kappa shape index (κ3) is 6.62. The first-order valence-corrected chi connectivity index (χ1v) is 11.1. The van der Waals surface area contributed by atoms with Gasteiger partial charge in [0.25, 0.3) is 0 Å². The molecule has 0 bridgehead atoms. The van der Waals surface area contributed by atoms with Crippen LogP contribution in [0.4, 0.5) is 11.4 Å². The van der Waals surface area contributed by atoms with Gasteiger partial charge in [-0.05, 0) is 41.2 Å². The number of para-hydroxylation sites is 1. The van der Waals surface area contributed by atoms with Crippen LogP contribution < -0.4 is 16.1 Å². The van der Waals surface area contributed by atoms with Crippen molar-refractivity contribution in [3.8, 4) is 0 Å². The monoisotopic (exact) mass is 462 g/mol. The second-order valence-corrected chi connectivity index (χ2v) is 9.16. The number of pyridine rings is 1. The number of rotatable bonds is 9. The smallest absolute Gasteiger partial charge is 0.243 e. The lowest BCUT2D eigenvalue weighted by atomic mass is 9.75. The summed E-state index contributed by atoms with van der Waals surface area (Å²) in [5, 5.41) is 15.4. The standard InChI is InChI=1S/C26H30N4O4/c1-17(14-23(32)30-34)26(2,3)16-24(33)28-20-11-9-18(10-12-20)15-22(31)29-21-8-4-6-19-7-5-13-27-25(19)21/h4-13,17,34H,14-16H2,1-3H3,(H,28,33)(H,29,31)(H,30,32). The lowest BCUT2D eigenvalue weighted by Crippen LogP contribution is -2.32. The summed E-state index contributed by atoms with van der Waals surface area (Å²) in [7, 11) is 0. The number of fused-ring (bicyclic) bond motifs is 1. The molecule has 1 aromatic heterocycles. The average Bonchev–Trinajstić information content (AvgIpc) is 2.80. The van der Waals surface area contributed by atoms with Crippen LogP contribution in [-0.2, 0) is 20.8 Å². The highest BCUT2D eigenvalue weighted by molar-refractivity contribution is 6.00. The van der Waals surface area contributed by atoms with Crippen molar-refractivity contribution in [1.29, 1.82) is 0 Å². The van der Waals surface area contributed by atoms with Crippen LogP contribution in [-0.4, -0.2) is 27.9 Å². The molecular formula is C26H30N4O4. The molecule has 8 nitrogen and oxygen atoms in total. The molecule has 8 heteroatoms. The third-order valence-electron chi connectivity index (χ3n) is 6.08. The first kappa shape index (κ1) is 24.9. The molecule has 0 fully saturated rings. The Bertz CT molecular complexity index is 1170. The van der Waals surface area contributed by atoms with Gasteiger partial charge in [-0.25, -0.2) is 5.48 Å². The van der Waals surface area contributed by atoms with Crippen molar-refractivity contribution < 1.29 is 19.6 Å². The van der Waals surface area contributed by atoms with Crippen LogP contribution in [0.3, 0.4) is 0 Å². The summed E-state index contributed by atoms with van der Waals surface area (Å²) in [6.07, 6.45) is 2.23. The van der Waals surface area contributed by atoms with E-state index in [1.807, 2.05) is 51.1 Å². The maximum atomic E-state index is 12.6. The quantitative estimate of drug-likeness (QED) is 0.279. The van der Waals surface area contributed by atoms with Crippen LogP contribution in [0.5, 0.6) is 0 Å². The number of nitrogens with zero attached hydrogens (tertiary/aromatic N) is 1. The Labute approximate surface area is 198 Å². The van der Waals surface area contributed by atoms with Crippen LogP contribution in [0.15, 0.2) is 60.8 Å². The molecule has 34 heavy (non-hydrogen) atoms. The molecule has 0 aliphatic rings. The zero-order valence-electron chi connectivity index (χ0n) is 19.6. The molecule has 0 spiro atoms. The Balaban J connectivity index is 1.55. The van der Waals surface area contributed by atoms with Gasteiger partial charge in [-0.3, -0.25) is 24.6 Å². The fourth-order valence-corrected chi connectivity index (χ4v) is 3.68. The molecule has 0 aliphatic heterocycles. The fourth-order valence-electron chi connectivity index (χ4n) is 3.68. The van der Waals surface area contributed by atoms with E-state index in [2.05, 4.69) is 15.6 Å². The zero-order chi connectivity index (χ0) is 24.7. The predicted molar refractivity (Wildman–Crippen MR) is 131 cm³/mol. The number of nitrogens with one attached hydrogen (secondary N) is 3. The van der Waals surface area contributed by atoms with Gasteiger partial charge in [0.2, 0.25) is 17.7 Å². The highest BCUT2D eigenvalue weighted by Gasteiger charge is 2.30. The molecule has 178 valence electrons. The topological polar surface area (TPSA) is 120 Å². The van der Waals surface area contributed by atoms with Crippen molar-refractivity contribution in [1.82, 2.24) is 10.5 Å². The van der Waals surface area contributed by atoms with Gasteiger partial charge < -0.3 is 10.6 Å². The number of hydrogen-bond acceptors (Lipinski definition) is 5. The van der Waals surface area contributed by atoms with Gasteiger partial charge in [0.15, 0.2) is 0 Å². The van der Waals surface area contributed by atoms with Gasteiger partial charge in [0.1, 0.15) is 0 Å². The van der Waals surface area contributed by atoms with E-state index >= 15 is 0 Å². The van der Waals surface area contributed by atoms with E-state index in [-0.39, 0.29) is 37.0 Å². The second kappa shape index (κ2) is 10.9. The maximum absolute atomic E-state index is 12.6. The number of hydroxylamine groups is 1. The molecule has 4 N–H and O–H groups in total. The van der Waals surface area contributed by atoms with Crippen molar-refractivity contribution in [2.75, 3.05) is 10.6 Å². The molecule has 1 unspecified atom stereocenters. The fraction of sp³-hybridized carbons (Fsp3) is 0.308. The molecule has 3 amide bonds. The molecule has 0 aliphatic carbocycles. The largest absolute Gasteiger partial charge is 0.326 e. The number of carbonyl (C=O) groups excluding carboxylic acids is 3. The highest BCUT2D eigenvalue weighted by Crippen LogP contribution is 2.33. The molecule has 2 aromatic carbocycles. The van der Waals surface area contributed by atoms with E-state index in [9.17, 15) is 14.4 Å². The minimum atomic E-state index is -0.475. The van der Waals surface area contributed by atoms with E-state index in [4.69, 9.17) is 5.21 Å². The van der Waals surface area contributed by atoms with E-state index in [0.29, 0.717) is 11.4 Å². The summed E-state index contributed by atoms with van der Waals surface area (Å²) in [5.41, 5.74) is 4.04. The Hall–Kier alpha value is -3.78. The van der Waals surface area contributed by atoms with Crippen LogP contribution in [0.25, 0.3) is 10.9 Å². The van der Waals surface area contributed by atoms with Gasteiger partial charge in [-0.2, -0.15) is 0 Å². The average molecular weight is 463 g/mol. The SMILES string of the molecule is CC(CC(=O)NO)C(C)(C)CC(=O)Nc1ccc(CC(=O)Nc2cccc3cccnc23)cc1. The number of aromatic nitrogens is 1. The Morgan fingerprint density at radius 2 is 1.65 bits per heavy atom. The van der Waals surface area contributed by atoms with Crippen LogP contribution in [0.2, 0.25) is 0 Å². The third-order valence-corrected chi connectivity index (χ3v) is 6.08. The summed E-state index contributed by atoms with van der Waals surface area (Å²) in [6, 6.07) is 16.6. The van der Waals surface area contributed by atoms with Crippen LogP contribution >= 0.6 is 0 Å². The van der Waals surface area contributed by atoms with Gasteiger partial charge in [0, 0.05) is 30.1 Å². The summed E-state index contributed by atoms with van der Waals surface area (Å²) in [6.45, 7) is 5.70. The number of hydrogen-bond donors (Lipinski definition) is 4. The van der Waals surface area contributed by atoms with Gasteiger partial charge in [0.05, 0.1) is 17.6 Å². The molecule has 1 atom stereocenters. The number of amides is 3. The van der Waals surface area contributed by atoms with E-state index in [1.54, 1.807) is 35.9 Å². The van der Waals surface area contributed by atoms with Gasteiger partial charge >= 0.3 is 0 Å². The Morgan fingerprint density at radius 1 is 0.941 bits per heavy atom. The minimum absolute atomic E-state index is 0.108. The zero-order valence-corrected chi connectivity index (χ0v) is 19.6. The molecule has 3 rings (SSSR count). The lowest BCUT2D eigenvalue weighted by molar-refractivity contribution is -0.131. The molecular weight excluding hydrogens is 432 g/mol. The van der Waals surface area contributed by atoms with Crippen molar-refractivity contribution >= 4 is 40.0 Å². The van der Waals surface area contributed by atoms with Crippen LogP contribution in [0.1, 0.15) is 39.2 Å². The summed E-state index contributed by atoms with van der Waals surface area (Å²) in [4.78, 5) is 40.9. The molecule has 0 saturated heterocycles. The van der Waals surface area contributed by atoms with Crippen molar-refractivity contribution in [3.05, 3.63) is 66.4 Å². The van der Waals surface area contributed by atoms with Crippen LogP contribution in [0, 0.1) is 11.3 Å². The Morgan fingerprint density at radius 3 is 2.35 bits per heavy atom. The summed E-state index contributed by atoms with van der Waals surface area (Å²) >= 11 is 0. The summed E-state index contributed by atoms with van der Waals surface area (Å²) in [5.74, 6) is -0.909. The van der Waals surface area contributed by atoms with Crippen molar-refractivity contribution in [2.45, 2.75) is 40.0 Å². The molecule has 0 saturated carbocycles. The summed E-state index contributed by atoms with van der Waals surface area (Å²) < 4.78 is 0. The normalized spacial score (nSPS) is 12.1. The predicted octanol–water partition coefficient (Wildman–Crippen LogP) is 4.30. The second-order valence-electron chi connectivity index (χ2n) is 9.16. The number of carbonyl (C=O) groups is 3. The van der Waals surface area contributed by atoms with Crippen molar-refractivity contribution in [3.63, 3.8) is 0 Å². The van der Waals surface area contributed by atoms with E-state index < -0.39 is 11.3 Å². The van der Waals surface area contributed by atoms with Gasteiger partial charge in [-0.1, -0.05) is 51.1 Å². The molecule has 1 heterocycles. The maximum Gasteiger partial charge on any atom is 0.243 e. The van der Waals surface area contributed by atoms with E-state index in [1.165, 1.54) is 0 Å². The van der Waals surface area contributed by atoms with E-state index in [0.717, 1.165) is 16.5 Å². The highest BCUT2D eigenvalue weighted by atomic mass is 16.5.